The van der Waals surface area contributed by atoms with E-state index < -0.39 is 5.54 Å². The van der Waals surface area contributed by atoms with Crippen molar-refractivity contribution in [3.05, 3.63) is 60.7 Å². The molecule has 1 aliphatic carbocycles. The van der Waals surface area contributed by atoms with Gasteiger partial charge in [-0.3, -0.25) is 4.79 Å². The number of nitriles is 1. The van der Waals surface area contributed by atoms with Crippen molar-refractivity contribution >= 4 is 28.6 Å². The van der Waals surface area contributed by atoms with Gasteiger partial charge in [-0.2, -0.15) is 5.26 Å². The van der Waals surface area contributed by atoms with E-state index in [1.807, 2.05) is 66.1 Å². The maximum atomic E-state index is 12.6. The van der Waals surface area contributed by atoms with Crippen LogP contribution in [0.1, 0.15) is 32.6 Å². The number of nitrogens with zero attached hydrogens (tertiary/aromatic N) is 5. The van der Waals surface area contributed by atoms with Crippen LogP contribution < -0.4 is 5.32 Å². The summed E-state index contributed by atoms with van der Waals surface area (Å²) < 4.78 is 2.03. The van der Waals surface area contributed by atoms with E-state index in [1.165, 1.54) is 11.8 Å². The van der Waals surface area contributed by atoms with E-state index in [0.29, 0.717) is 24.5 Å². The van der Waals surface area contributed by atoms with Crippen LogP contribution in [0.3, 0.4) is 0 Å². The minimum absolute atomic E-state index is 0.147. The van der Waals surface area contributed by atoms with Gasteiger partial charge in [-0.25, -0.2) is 4.98 Å². The summed E-state index contributed by atoms with van der Waals surface area (Å²) >= 11 is 1.35. The molecule has 4 aromatic rings. The lowest BCUT2D eigenvalue weighted by molar-refractivity contribution is -0.119. The Labute approximate surface area is 208 Å². The lowest BCUT2D eigenvalue weighted by atomic mass is 10.0. The number of rotatable bonds is 7. The van der Waals surface area contributed by atoms with Crippen molar-refractivity contribution in [2.75, 3.05) is 5.75 Å². The number of thioether (sulfide) groups is 1. The summed E-state index contributed by atoms with van der Waals surface area (Å²) in [6.45, 7) is 2.70. The summed E-state index contributed by atoms with van der Waals surface area (Å²) in [5.74, 6) is 0.787. The molecule has 7 nitrogen and oxygen atoms in total. The number of carbonyl (C=O) groups excluding carboxylic acids is 1. The average molecular weight is 483 g/mol. The van der Waals surface area contributed by atoms with Crippen LogP contribution >= 0.6 is 11.8 Å². The summed E-state index contributed by atoms with van der Waals surface area (Å²) in [6.07, 6.45) is 3.38. The first-order chi connectivity index (χ1) is 17.1. The molecule has 1 saturated carbocycles. The van der Waals surface area contributed by atoms with Gasteiger partial charge in [0, 0.05) is 23.1 Å². The topological polar surface area (TPSA) is 96.5 Å². The van der Waals surface area contributed by atoms with Crippen LogP contribution in [0.4, 0.5) is 0 Å². The van der Waals surface area contributed by atoms with Crippen molar-refractivity contribution in [1.82, 2.24) is 25.1 Å². The lowest BCUT2D eigenvalue weighted by Gasteiger charge is -2.21. The van der Waals surface area contributed by atoms with Gasteiger partial charge >= 0.3 is 0 Å². The molecule has 0 bridgehead atoms. The summed E-state index contributed by atoms with van der Waals surface area (Å²) in [4.78, 5) is 17.5. The summed E-state index contributed by atoms with van der Waals surface area (Å²) in [7, 11) is 0. The number of carbonyl (C=O) groups is 1. The van der Waals surface area contributed by atoms with Crippen LogP contribution in [0.15, 0.2) is 65.8 Å². The molecule has 0 saturated heterocycles. The Morgan fingerprint density at radius 1 is 1.11 bits per heavy atom. The van der Waals surface area contributed by atoms with Crippen LogP contribution in [-0.4, -0.2) is 36.9 Å². The van der Waals surface area contributed by atoms with Gasteiger partial charge in [0.25, 0.3) is 0 Å². The Bertz CT molecular complexity index is 1400. The van der Waals surface area contributed by atoms with Crippen LogP contribution in [0.25, 0.3) is 33.5 Å². The Morgan fingerprint density at radius 2 is 1.86 bits per heavy atom. The zero-order valence-electron chi connectivity index (χ0n) is 19.6. The molecule has 35 heavy (non-hydrogen) atoms. The summed E-state index contributed by atoms with van der Waals surface area (Å²) in [5, 5.41) is 23.1. The molecular formula is C27H26N6OS. The van der Waals surface area contributed by atoms with Gasteiger partial charge in [-0.15, -0.1) is 10.2 Å². The summed E-state index contributed by atoms with van der Waals surface area (Å²) in [6, 6.07) is 22.5. The maximum absolute atomic E-state index is 12.6. The van der Waals surface area contributed by atoms with E-state index in [9.17, 15) is 10.1 Å². The van der Waals surface area contributed by atoms with Crippen molar-refractivity contribution in [2.24, 2.45) is 0 Å². The third-order valence-electron chi connectivity index (χ3n) is 6.44. The first kappa shape index (κ1) is 23.1. The largest absolute Gasteiger partial charge is 0.337 e. The zero-order chi connectivity index (χ0) is 24.3. The first-order valence-corrected chi connectivity index (χ1v) is 12.8. The molecular weight excluding hydrogens is 456 g/mol. The number of aromatic nitrogens is 4. The number of pyridine rings is 1. The molecule has 0 aliphatic heterocycles. The number of fused-ring (bicyclic) bond motifs is 1. The highest BCUT2D eigenvalue weighted by Crippen LogP contribution is 2.33. The molecule has 5 rings (SSSR count). The smallest absolute Gasteiger partial charge is 0.231 e. The number of nitrogens with one attached hydrogen (secondary N) is 1. The SMILES string of the molecule is CCn1c(SCC(=O)NC2(C#N)CCCC2)nnc1-c1cc(-c2ccccc2)nc2ccccc12. The van der Waals surface area contributed by atoms with Crippen LogP contribution in [0, 0.1) is 11.3 Å². The molecule has 0 atom stereocenters. The molecule has 1 N–H and O–H groups in total. The first-order valence-electron chi connectivity index (χ1n) is 11.9. The Hall–Kier alpha value is -3.70. The van der Waals surface area contributed by atoms with Crippen LogP contribution in [-0.2, 0) is 11.3 Å². The van der Waals surface area contributed by atoms with Crippen molar-refractivity contribution in [1.29, 1.82) is 5.26 Å². The van der Waals surface area contributed by atoms with Gasteiger partial charge in [-0.05, 0) is 44.7 Å². The van der Waals surface area contributed by atoms with E-state index in [-0.39, 0.29) is 11.7 Å². The molecule has 8 heteroatoms. The molecule has 1 fully saturated rings. The van der Waals surface area contributed by atoms with Crippen molar-refractivity contribution in [3.8, 4) is 28.7 Å². The van der Waals surface area contributed by atoms with Gasteiger partial charge in [0.1, 0.15) is 5.54 Å². The van der Waals surface area contributed by atoms with E-state index in [1.54, 1.807) is 0 Å². The second kappa shape index (κ2) is 9.88. The Kier molecular flexibility index (Phi) is 6.51. The summed E-state index contributed by atoms with van der Waals surface area (Å²) in [5.41, 5.74) is 3.03. The minimum Gasteiger partial charge on any atom is -0.337 e. The van der Waals surface area contributed by atoms with Crippen LogP contribution in [0.5, 0.6) is 0 Å². The lowest BCUT2D eigenvalue weighted by Crippen LogP contribution is -2.45. The molecule has 2 aromatic heterocycles. The number of para-hydroxylation sites is 1. The van der Waals surface area contributed by atoms with E-state index in [0.717, 1.165) is 46.4 Å². The normalized spacial score (nSPS) is 14.6. The van der Waals surface area contributed by atoms with Gasteiger partial charge in [-0.1, -0.05) is 60.3 Å². The van der Waals surface area contributed by atoms with Crippen molar-refractivity contribution in [2.45, 2.75) is 49.8 Å². The van der Waals surface area contributed by atoms with Crippen molar-refractivity contribution in [3.63, 3.8) is 0 Å². The molecule has 2 aromatic carbocycles. The second-order valence-electron chi connectivity index (χ2n) is 8.73. The number of hydrogen-bond acceptors (Lipinski definition) is 6. The molecule has 0 spiro atoms. The highest BCUT2D eigenvalue weighted by molar-refractivity contribution is 7.99. The highest BCUT2D eigenvalue weighted by Gasteiger charge is 2.35. The highest BCUT2D eigenvalue weighted by atomic mass is 32.2. The van der Waals surface area contributed by atoms with E-state index >= 15 is 0 Å². The molecule has 176 valence electrons. The monoisotopic (exact) mass is 482 g/mol. The second-order valence-corrected chi connectivity index (χ2v) is 9.67. The number of benzene rings is 2. The van der Waals surface area contributed by atoms with Gasteiger partial charge < -0.3 is 9.88 Å². The fourth-order valence-electron chi connectivity index (χ4n) is 4.67. The molecule has 2 heterocycles. The quantitative estimate of drug-likeness (QED) is 0.363. The third-order valence-corrected chi connectivity index (χ3v) is 7.41. The Morgan fingerprint density at radius 3 is 2.60 bits per heavy atom. The molecule has 0 radical (unpaired) electrons. The fraction of sp³-hybridized carbons (Fsp3) is 0.296. The fourth-order valence-corrected chi connectivity index (χ4v) is 5.48. The van der Waals surface area contributed by atoms with Gasteiger partial charge in [0.2, 0.25) is 5.91 Å². The van der Waals surface area contributed by atoms with Crippen molar-refractivity contribution < 1.29 is 4.79 Å². The maximum Gasteiger partial charge on any atom is 0.231 e. The molecule has 0 unspecified atom stereocenters. The van der Waals surface area contributed by atoms with Gasteiger partial charge in [0.15, 0.2) is 11.0 Å². The van der Waals surface area contributed by atoms with Gasteiger partial charge in [0.05, 0.1) is 23.0 Å². The predicted molar refractivity (Wildman–Crippen MR) is 138 cm³/mol. The molecule has 1 amide bonds. The standard InChI is InChI=1S/C27H26N6OS/c1-2-33-25(31-32-26(33)35-17-24(34)30-27(18-28)14-8-9-15-27)21-16-23(19-10-4-3-5-11-19)29-22-13-7-6-12-20(21)22/h3-7,10-13,16H,2,8-9,14-15,17H2,1H3,(H,30,34). The number of hydrogen-bond donors (Lipinski definition) is 1. The van der Waals surface area contributed by atoms with E-state index in [2.05, 4.69) is 27.6 Å². The zero-order valence-corrected chi connectivity index (χ0v) is 20.4. The Balaban J connectivity index is 1.45. The number of amides is 1. The third kappa shape index (κ3) is 4.64. The minimum atomic E-state index is -0.717. The average Bonchev–Trinajstić information content (AvgIpc) is 3.54. The van der Waals surface area contributed by atoms with E-state index in [4.69, 9.17) is 4.98 Å². The molecule has 1 aliphatic rings. The van der Waals surface area contributed by atoms with Crippen LogP contribution in [0.2, 0.25) is 0 Å². The predicted octanol–water partition coefficient (Wildman–Crippen LogP) is 5.22.